The number of morpholine rings is 1. The van der Waals surface area contributed by atoms with E-state index < -0.39 is 0 Å². The third-order valence-corrected chi connectivity index (χ3v) is 3.28. The van der Waals surface area contributed by atoms with E-state index in [9.17, 15) is 4.79 Å². The van der Waals surface area contributed by atoms with Crippen LogP contribution in [0.25, 0.3) is 0 Å². The number of hydrogen-bond acceptors (Lipinski definition) is 4. The number of amides is 1. The van der Waals surface area contributed by atoms with Crippen molar-refractivity contribution in [2.75, 3.05) is 13.1 Å². The van der Waals surface area contributed by atoms with Gasteiger partial charge in [-0.3, -0.25) is 4.79 Å². The van der Waals surface area contributed by atoms with Crippen LogP contribution in [0.2, 0.25) is 0 Å². The summed E-state index contributed by atoms with van der Waals surface area (Å²) < 4.78 is 10.7. The second-order valence-corrected chi connectivity index (χ2v) is 5.04. The van der Waals surface area contributed by atoms with Gasteiger partial charge in [-0.25, -0.2) is 0 Å². The summed E-state index contributed by atoms with van der Waals surface area (Å²) in [5.41, 5.74) is 1.71. The Kier molecular flexibility index (Phi) is 3.71. The number of carbonyl (C=O) groups excluding carboxylic acids is 1. The zero-order valence-corrected chi connectivity index (χ0v) is 11.4. The molecule has 0 aliphatic carbocycles. The fraction of sp³-hybridized carbons (Fsp3) is 0.692. The maximum atomic E-state index is 12.3. The Balaban J connectivity index is 2.04. The van der Waals surface area contributed by atoms with Crippen molar-refractivity contribution in [3.63, 3.8) is 0 Å². The van der Waals surface area contributed by atoms with Crippen LogP contribution in [0.5, 0.6) is 0 Å². The van der Waals surface area contributed by atoms with Crippen molar-refractivity contribution in [2.24, 2.45) is 0 Å². The van der Waals surface area contributed by atoms with Gasteiger partial charge in [-0.05, 0) is 27.7 Å². The normalized spacial score (nSPS) is 24.3. The van der Waals surface area contributed by atoms with Crippen LogP contribution in [0, 0.1) is 13.8 Å². The smallest absolute Gasteiger partial charge is 0.227 e. The maximum absolute atomic E-state index is 12.3. The quantitative estimate of drug-likeness (QED) is 0.799. The van der Waals surface area contributed by atoms with E-state index in [-0.39, 0.29) is 18.1 Å². The molecule has 0 radical (unpaired) electrons. The zero-order chi connectivity index (χ0) is 13.3. The molecule has 0 N–H and O–H groups in total. The zero-order valence-electron chi connectivity index (χ0n) is 11.4. The third kappa shape index (κ3) is 2.72. The highest BCUT2D eigenvalue weighted by atomic mass is 16.5. The molecule has 2 atom stereocenters. The fourth-order valence-corrected chi connectivity index (χ4v) is 2.40. The molecule has 1 amide bonds. The van der Waals surface area contributed by atoms with E-state index in [1.54, 1.807) is 0 Å². The van der Waals surface area contributed by atoms with Gasteiger partial charge in [0.2, 0.25) is 5.91 Å². The number of aryl methyl sites for hydroxylation is 2. The molecule has 1 aliphatic heterocycles. The van der Waals surface area contributed by atoms with Crippen molar-refractivity contribution >= 4 is 5.91 Å². The van der Waals surface area contributed by atoms with E-state index in [1.165, 1.54) is 0 Å². The van der Waals surface area contributed by atoms with Crippen LogP contribution in [-0.2, 0) is 16.0 Å². The molecule has 0 spiro atoms. The van der Waals surface area contributed by atoms with Crippen molar-refractivity contribution in [3.05, 3.63) is 17.0 Å². The first-order valence-corrected chi connectivity index (χ1v) is 6.32. The molecule has 1 aromatic rings. The van der Waals surface area contributed by atoms with E-state index in [0.29, 0.717) is 19.5 Å². The first-order valence-electron chi connectivity index (χ1n) is 6.32. The Labute approximate surface area is 107 Å². The lowest BCUT2D eigenvalue weighted by atomic mass is 10.1. The fourth-order valence-electron chi connectivity index (χ4n) is 2.40. The second-order valence-electron chi connectivity index (χ2n) is 5.04. The average Bonchev–Trinajstić information content (AvgIpc) is 2.59. The van der Waals surface area contributed by atoms with E-state index >= 15 is 0 Å². The van der Waals surface area contributed by atoms with E-state index in [4.69, 9.17) is 9.26 Å². The minimum Gasteiger partial charge on any atom is -0.372 e. The van der Waals surface area contributed by atoms with E-state index in [0.717, 1.165) is 17.0 Å². The topological polar surface area (TPSA) is 55.6 Å². The van der Waals surface area contributed by atoms with Gasteiger partial charge in [0.1, 0.15) is 5.76 Å². The highest BCUT2D eigenvalue weighted by molar-refractivity contribution is 5.79. The molecule has 5 nitrogen and oxygen atoms in total. The minimum absolute atomic E-state index is 0.0994. The molecule has 2 heterocycles. The predicted octanol–water partition coefficient (Wildman–Crippen LogP) is 1.47. The number of rotatable bonds is 2. The average molecular weight is 252 g/mol. The molecule has 5 heteroatoms. The Hall–Kier alpha value is -1.36. The van der Waals surface area contributed by atoms with Crippen LogP contribution in [0.4, 0.5) is 0 Å². The second kappa shape index (κ2) is 5.10. The molecule has 18 heavy (non-hydrogen) atoms. The molecule has 0 saturated carbocycles. The molecule has 1 aromatic heterocycles. The lowest BCUT2D eigenvalue weighted by Crippen LogP contribution is -2.48. The van der Waals surface area contributed by atoms with Crippen LogP contribution >= 0.6 is 0 Å². The molecule has 1 aliphatic rings. The maximum Gasteiger partial charge on any atom is 0.227 e. The highest BCUT2D eigenvalue weighted by Gasteiger charge is 2.26. The number of ether oxygens (including phenoxy) is 1. The number of hydrogen-bond donors (Lipinski definition) is 0. The Morgan fingerprint density at radius 1 is 1.33 bits per heavy atom. The van der Waals surface area contributed by atoms with Gasteiger partial charge in [-0.15, -0.1) is 0 Å². The molecule has 1 saturated heterocycles. The summed E-state index contributed by atoms with van der Waals surface area (Å²) in [6.45, 7) is 9.01. The minimum atomic E-state index is 0.0994. The molecular weight excluding hydrogens is 232 g/mol. The van der Waals surface area contributed by atoms with Crippen molar-refractivity contribution in [3.8, 4) is 0 Å². The largest absolute Gasteiger partial charge is 0.372 e. The number of nitrogens with zero attached hydrogens (tertiary/aromatic N) is 2. The first-order chi connectivity index (χ1) is 8.47. The number of carbonyl (C=O) groups is 1. The summed E-state index contributed by atoms with van der Waals surface area (Å²) >= 11 is 0. The molecule has 0 unspecified atom stereocenters. The van der Waals surface area contributed by atoms with Crippen LogP contribution in [0.1, 0.15) is 30.9 Å². The van der Waals surface area contributed by atoms with E-state index in [1.807, 2.05) is 32.6 Å². The van der Waals surface area contributed by atoms with Crippen molar-refractivity contribution in [1.29, 1.82) is 0 Å². The highest BCUT2D eigenvalue weighted by Crippen LogP contribution is 2.16. The van der Waals surface area contributed by atoms with Crippen molar-refractivity contribution in [1.82, 2.24) is 10.1 Å². The lowest BCUT2D eigenvalue weighted by molar-refractivity contribution is -0.142. The van der Waals surface area contributed by atoms with Crippen LogP contribution in [0.15, 0.2) is 4.52 Å². The summed E-state index contributed by atoms with van der Waals surface area (Å²) in [5.74, 6) is 0.849. The summed E-state index contributed by atoms with van der Waals surface area (Å²) in [5, 5.41) is 3.87. The lowest BCUT2D eigenvalue weighted by Gasteiger charge is -2.35. The van der Waals surface area contributed by atoms with Crippen LogP contribution in [0.3, 0.4) is 0 Å². The molecule has 2 rings (SSSR count). The summed E-state index contributed by atoms with van der Waals surface area (Å²) in [6.07, 6.45) is 0.561. The first kappa shape index (κ1) is 13.1. The molecule has 1 fully saturated rings. The van der Waals surface area contributed by atoms with Gasteiger partial charge in [-0.2, -0.15) is 0 Å². The summed E-state index contributed by atoms with van der Waals surface area (Å²) in [7, 11) is 0. The predicted molar refractivity (Wildman–Crippen MR) is 66.3 cm³/mol. The molecule has 0 bridgehead atoms. The van der Waals surface area contributed by atoms with Gasteiger partial charge in [0, 0.05) is 18.7 Å². The van der Waals surface area contributed by atoms with Crippen LogP contribution in [-0.4, -0.2) is 41.3 Å². The SMILES string of the molecule is Cc1noc(C)c1CC(=O)N1C[C@@H](C)O[C@H](C)C1. The van der Waals surface area contributed by atoms with E-state index in [2.05, 4.69) is 5.16 Å². The Bertz CT molecular complexity index is 412. The molecule has 100 valence electrons. The van der Waals surface area contributed by atoms with Gasteiger partial charge in [-0.1, -0.05) is 5.16 Å². The monoisotopic (exact) mass is 252 g/mol. The van der Waals surface area contributed by atoms with Gasteiger partial charge < -0.3 is 14.2 Å². The Morgan fingerprint density at radius 2 is 1.94 bits per heavy atom. The van der Waals surface area contributed by atoms with Gasteiger partial charge in [0.25, 0.3) is 0 Å². The van der Waals surface area contributed by atoms with Gasteiger partial charge >= 0.3 is 0 Å². The van der Waals surface area contributed by atoms with Gasteiger partial charge in [0.05, 0.1) is 24.3 Å². The van der Waals surface area contributed by atoms with Crippen molar-refractivity contribution in [2.45, 2.75) is 46.3 Å². The standard InChI is InChI=1S/C13H20N2O3/c1-8-6-15(7-9(2)17-8)13(16)5-12-10(3)14-18-11(12)4/h8-9H,5-7H2,1-4H3/t8-,9-/m1/s1. The Morgan fingerprint density at radius 3 is 2.44 bits per heavy atom. The summed E-state index contributed by atoms with van der Waals surface area (Å²) in [6, 6.07) is 0. The molecule has 0 aromatic carbocycles. The van der Waals surface area contributed by atoms with Crippen molar-refractivity contribution < 1.29 is 14.1 Å². The number of aromatic nitrogens is 1. The summed E-state index contributed by atoms with van der Waals surface area (Å²) in [4.78, 5) is 14.1. The third-order valence-electron chi connectivity index (χ3n) is 3.28. The van der Waals surface area contributed by atoms with Gasteiger partial charge in [0.15, 0.2) is 0 Å². The molecular formula is C13H20N2O3. The van der Waals surface area contributed by atoms with Crippen LogP contribution < -0.4 is 0 Å².